The molecule has 0 saturated carbocycles. The third kappa shape index (κ3) is 4.18. The summed E-state index contributed by atoms with van der Waals surface area (Å²) in [4.78, 5) is 4.96. The van der Waals surface area contributed by atoms with Crippen LogP contribution in [0, 0.1) is 0 Å². The highest BCUT2D eigenvalue weighted by Gasteiger charge is 2.35. The molecule has 0 fully saturated rings. The van der Waals surface area contributed by atoms with E-state index < -0.39 is 29.6 Å². The van der Waals surface area contributed by atoms with Gasteiger partial charge in [-0.15, -0.1) is 0 Å². The van der Waals surface area contributed by atoms with Crippen molar-refractivity contribution in [2.24, 2.45) is 0 Å². The van der Waals surface area contributed by atoms with E-state index in [4.69, 9.17) is 17.3 Å². The zero-order valence-electron chi connectivity index (χ0n) is 39.1. The minimum Gasteiger partial charge on any atom is -0.292 e. The van der Waals surface area contributed by atoms with Crippen LogP contribution in [0.5, 0.6) is 0 Å². The number of nitrogens with zero attached hydrogens (tertiary/aromatic N) is 2. The minimum atomic E-state index is -1.09. The van der Waals surface area contributed by atoms with Crippen LogP contribution < -0.4 is 0 Å². The van der Waals surface area contributed by atoms with Crippen molar-refractivity contribution in [3.63, 3.8) is 0 Å². The maximum Gasteiger partial charge on any atom is 0.145 e. The predicted octanol–water partition coefficient (Wildman–Crippen LogP) is 12.6. The van der Waals surface area contributed by atoms with Gasteiger partial charge >= 0.3 is 0 Å². The highest BCUT2D eigenvalue weighted by molar-refractivity contribution is 6.21. The Hall–Kier alpha value is -6.25. The van der Waals surface area contributed by atoms with E-state index in [9.17, 15) is 4.11 Å². The van der Waals surface area contributed by atoms with Crippen LogP contribution in [0.15, 0.2) is 170 Å². The molecule has 0 atom stereocenters. The largest absolute Gasteiger partial charge is 0.292 e. The van der Waals surface area contributed by atoms with Crippen LogP contribution in [0.3, 0.4) is 0 Å². The summed E-state index contributed by atoms with van der Waals surface area (Å²) in [5.41, 5.74) is 4.13. The van der Waals surface area contributed by atoms with Gasteiger partial charge in [-0.2, -0.15) is 0 Å². The fraction of sp³-hybridized carbons (Fsp3) is 0.0625. The Labute approximate surface area is 308 Å². The first-order valence-corrected chi connectivity index (χ1v) is 16.4. The van der Waals surface area contributed by atoms with Gasteiger partial charge in [-0.05, 0) is 102 Å². The average Bonchev–Trinajstić information content (AvgIpc) is 3.77. The highest BCUT2D eigenvalue weighted by Crippen LogP contribution is 2.51. The topological polar surface area (TPSA) is 17.8 Å². The molecule has 1 heterocycles. The normalized spacial score (nSPS) is 16.5. The molecule has 8 aromatic carbocycles. The zero-order valence-corrected chi connectivity index (χ0v) is 27.1. The Kier molecular flexibility index (Phi) is 4.15. The molecule has 1 aliphatic carbocycles. The van der Waals surface area contributed by atoms with Crippen molar-refractivity contribution in [1.29, 1.82) is 0 Å². The van der Waals surface area contributed by atoms with Crippen LogP contribution in [0.4, 0.5) is 0 Å². The van der Waals surface area contributed by atoms with E-state index in [1.54, 1.807) is 10.6 Å². The molecule has 0 spiro atoms. The summed E-state index contributed by atoms with van der Waals surface area (Å²) in [7, 11) is 0. The number of fused-ring (bicyclic) bond motifs is 6. The van der Waals surface area contributed by atoms with Crippen molar-refractivity contribution in [1.82, 2.24) is 9.55 Å². The van der Waals surface area contributed by atoms with Crippen LogP contribution in [-0.4, -0.2) is 9.55 Å². The third-order valence-corrected chi connectivity index (χ3v) is 9.86. The molecule has 0 aliphatic heterocycles. The maximum atomic E-state index is 9.89. The lowest BCUT2D eigenvalue weighted by atomic mass is 9.80. The smallest absolute Gasteiger partial charge is 0.145 e. The second-order valence-corrected chi connectivity index (χ2v) is 13.0. The summed E-state index contributed by atoms with van der Waals surface area (Å²) in [6, 6.07) is 26.4. The third-order valence-electron chi connectivity index (χ3n) is 9.86. The quantitative estimate of drug-likeness (QED) is 0.173. The molecule has 1 aliphatic rings. The van der Waals surface area contributed by atoms with Crippen molar-refractivity contribution in [2.75, 3.05) is 0 Å². The summed E-state index contributed by atoms with van der Waals surface area (Å²) in [6.07, 6.45) is 0. The number of benzene rings is 8. The average molecular weight is 651 g/mol. The molecule has 0 amide bonds. The van der Waals surface area contributed by atoms with E-state index in [0.717, 1.165) is 32.7 Å². The van der Waals surface area contributed by atoms with Crippen LogP contribution in [0.2, 0.25) is 0 Å². The molecule has 10 rings (SSSR count). The molecule has 0 N–H and O–H groups in total. The van der Waals surface area contributed by atoms with E-state index in [2.05, 4.69) is 0 Å². The predicted molar refractivity (Wildman–Crippen MR) is 210 cm³/mol. The fourth-order valence-corrected chi connectivity index (χ4v) is 7.60. The Morgan fingerprint density at radius 2 is 1.14 bits per heavy atom. The van der Waals surface area contributed by atoms with Crippen molar-refractivity contribution in [3.05, 3.63) is 181 Å². The molecule has 50 heavy (non-hydrogen) atoms. The van der Waals surface area contributed by atoms with Gasteiger partial charge in [0.2, 0.25) is 0 Å². The first-order valence-electron chi connectivity index (χ1n) is 22.4. The van der Waals surface area contributed by atoms with Gasteiger partial charge in [0.25, 0.3) is 0 Å². The van der Waals surface area contributed by atoms with Crippen molar-refractivity contribution < 1.29 is 16.4 Å². The zero-order chi connectivity index (χ0) is 43.8. The monoisotopic (exact) mass is 650 g/mol. The Balaban J connectivity index is 1.25. The molecule has 1 aromatic heterocycles. The van der Waals surface area contributed by atoms with Gasteiger partial charge in [0, 0.05) is 16.7 Å². The lowest BCUT2D eigenvalue weighted by Gasteiger charge is -2.23. The van der Waals surface area contributed by atoms with Crippen LogP contribution in [0.1, 0.15) is 41.4 Å². The lowest BCUT2D eigenvalue weighted by molar-refractivity contribution is 0.660. The molecule has 0 unspecified atom stereocenters. The van der Waals surface area contributed by atoms with Crippen LogP contribution in [0.25, 0.3) is 83.0 Å². The number of rotatable bonds is 4. The molecular formula is C48H34N2. The minimum absolute atomic E-state index is 0.0179. The van der Waals surface area contributed by atoms with E-state index >= 15 is 0 Å². The summed E-state index contributed by atoms with van der Waals surface area (Å²) < 4.78 is 108. The maximum absolute atomic E-state index is 9.89. The first-order chi connectivity index (χ1) is 29.6. The van der Waals surface area contributed by atoms with E-state index in [0.29, 0.717) is 39.1 Å². The summed E-state index contributed by atoms with van der Waals surface area (Å²) in [5.74, 6) is 0.376. The molecule has 0 radical (unpaired) electrons. The fourth-order valence-electron chi connectivity index (χ4n) is 7.60. The summed E-state index contributed by atoms with van der Waals surface area (Å²) in [6.45, 7) is 3.61. The summed E-state index contributed by atoms with van der Waals surface area (Å²) >= 11 is 0. The van der Waals surface area contributed by atoms with E-state index in [1.807, 2.05) is 105 Å². The SMILES string of the molecule is [2H]c1c([2H])c([2H])c(-n2c(-c3cccc(-c4c5ccccc5c(-c5c([2H])c([2H])c6c(c5[2H])C(C)(C)c5c([2H])c([2H])c([2H])c([2H])c5-6)c5ccccc45)c3)nc3ccccc32)c([2H])c1[2H]. The lowest BCUT2D eigenvalue weighted by Crippen LogP contribution is -2.14. The van der Waals surface area contributed by atoms with Gasteiger partial charge in [-0.1, -0.05) is 147 Å². The van der Waals surface area contributed by atoms with Crippen LogP contribution >= 0.6 is 0 Å². The number of aromatic nitrogens is 2. The molecule has 0 bridgehead atoms. The Morgan fingerprint density at radius 1 is 0.540 bits per heavy atom. The van der Waals surface area contributed by atoms with Crippen molar-refractivity contribution in [3.8, 4) is 50.5 Å². The molecule has 2 heteroatoms. The van der Waals surface area contributed by atoms with Crippen molar-refractivity contribution >= 4 is 32.6 Å². The van der Waals surface area contributed by atoms with Gasteiger partial charge in [0.05, 0.1) is 27.5 Å². The second-order valence-electron chi connectivity index (χ2n) is 13.0. The van der Waals surface area contributed by atoms with Crippen molar-refractivity contribution in [2.45, 2.75) is 19.3 Å². The Morgan fingerprint density at radius 3 is 1.88 bits per heavy atom. The van der Waals surface area contributed by atoms with Gasteiger partial charge in [0.1, 0.15) is 5.82 Å². The summed E-state index contributed by atoms with van der Waals surface area (Å²) in [5, 5.41) is 3.03. The number of hydrogen-bond donors (Lipinski definition) is 0. The molecule has 236 valence electrons. The number of hydrogen-bond acceptors (Lipinski definition) is 1. The second kappa shape index (κ2) is 10.9. The molecule has 2 nitrogen and oxygen atoms in total. The van der Waals surface area contributed by atoms with Crippen LogP contribution in [-0.2, 0) is 5.41 Å². The van der Waals surface area contributed by atoms with E-state index in [1.165, 1.54) is 0 Å². The molecule has 0 saturated heterocycles. The van der Waals surface area contributed by atoms with E-state index in [-0.39, 0.29) is 70.7 Å². The standard InChI is InChI=1S/C48H34N2/c1-48(2)41-24-11-10-19-35(41)36-28-27-32(30-42(36)48)46-39-22-8-6-20-37(39)45(38-21-7-9-23-40(38)46)31-15-14-16-33(29-31)47-49-43-25-12-13-26-44(43)50(47)34-17-4-3-5-18-34/h3-30H,1-2H3/i3D,4D,5D,10D,11D,17D,18D,19D,24D,27D,28D,30D. The van der Waals surface area contributed by atoms with Gasteiger partial charge < -0.3 is 0 Å². The van der Waals surface area contributed by atoms with Gasteiger partial charge in [-0.3, -0.25) is 4.57 Å². The number of imidazole rings is 1. The molecule has 9 aromatic rings. The van der Waals surface area contributed by atoms with Gasteiger partial charge in [-0.25, -0.2) is 4.98 Å². The Bertz CT molecular complexity index is 3390. The van der Waals surface area contributed by atoms with Gasteiger partial charge in [0.15, 0.2) is 0 Å². The molecular weight excluding hydrogens is 605 g/mol. The highest BCUT2D eigenvalue weighted by atomic mass is 15.1. The first kappa shape index (κ1) is 19.1. The number of para-hydroxylation sites is 3.